The average molecular weight is 467 g/mol. The summed E-state index contributed by atoms with van der Waals surface area (Å²) in [5.41, 5.74) is 3.36. The van der Waals surface area contributed by atoms with E-state index < -0.39 is 10.0 Å². The number of aryl methyl sites for hydroxylation is 2. The van der Waals surface area contributed by atoms with Crippen LogP contribution in [0.3, 0.4) is 0 Å². The molecule has 33 heavy (non-hydrogen) atoms. The molecule has 7 heteroatoms. The number of amides is 1. The second kappa shape index (κ2) is 11.0. The third-order valence-corrected chi connectivity index (χ3v) is 6.57. The maximum atomic E-state index is 12.8. The lowest BCUT2D eigenvalue weighted by Crippen LogP contribution is -2.15. The molecule has 0 saturated heterocycles. The summed E-state index contributed by atoms with van der Waals surface area (Å²) in [4.78, 5) is 12.9. The van der Waals surface area contributed by atoms with Crippen LogP contribution < -0.4 is 14.8 Å². The van der Waals surface area contributed by atoms with Gasteiger partial charge in [0.15, 0.2) is 0 Å². The number of benzene rings is 3. The number of nitrogens with one attached hydrogen (secondary N) is 2. The van der Waals surface area contributed by atoms with Crippen molar-refractivity contribution < 1.29 is 17.9 Å². The molecule has 0 saturated carbocycles. The van der Waals surface area contributed by atoms with E-state index in [0.717, 1.165) is 30.4 Å². The molecule has 1 amide bonds. The number of rotatable bonds is 10. The number of para-hydroxylation sites is 1. The lowest BCUT2D eigenvalue weighted by atomic mass is 10.1. The first-order valence-corrected chi connectivity index (χ1v) is 12.5. The van der Waals surface area contributed by atoms with Gasteiger partial charge in [0.25, 0.3) is 15.9 Å². The number of unbranched alkanes of at least 4 members (excludes halogenated alkanes) is 2. The van der Waals surface area contributed by atoms with Crippen LogP contribution >= 0.6 is 0 Å². The maximum absolute atomic E-state index is 12.8. The zero-order valence-electron chi connectivity index (χ0n) is 19.2. The highest BCUT2D eigenvalue weighted by molar-refractivity contribution is 7.92. The fraction of sp³-hybridized carbons (Fsp3) is 0.269. The molecule has 0 bridgehead atoms. The predicted molar refractivity (Wildman–Crippen MR) is 133 cm³/mol. The molecule has 0 aliphatic rings. The number of ether oxygens (including phenoxy) is 1. The highest BCUT2D eigenvalue weighted by atomic mass is 32.2. The molecule has 0 aromatic heterocycles. The van der Waals surface area contributed by atoms with Crippen molar-refractivity contribution >= 4 is 27.3 Å². The fourth-order valence-electron chi connectivity index (χ4n) is 3.36. The van der Waals surface area contributed by atoms with Crippen molar-refractivity contribution in [2.45, 2.75) is 44.9 Å². The van der Waals surface area contributed by atoms with E-state index in [9.17, 15) is 13.2 Å². The fourth-order valence-corrected chi connectivity index (χ4v) is 4.49. The Morgan fingerprint density at radius 2 is 1.67 bits per heavy atom. The molecule has 0 aliphatic carbocycles. The van der Waals surface area contributed by atoms with Crippen molar-refractivity contribution in [3.05, 3.63) is 83.4 Å². The Morgan fingerprint density at radius 1 is 0.939 bits per heavy atom. The topological polar surface area (TPSA) is 84.5 Å². The van der Waals surface area contributed by atoms with Crippen LogP contribution in [-0.2, 0) is 10.0 Å². The van der Waals surface area contributed by atoms with Crippen molar-refractivity contribution in [1.29, 1.82) is 0 Å². The minimum atomic E-state index is -3.75. The number of carbonyl (C=O) groups is 1. The van der Waals surface area contributed by atoms with E-state index in [1.54, 1.807) is 36.4 Å². The molecule has 0 aliphatic heterocycles. The zero-order chi connectivity index (χ0) is 23.8. The van der Waals surface area contributed by atoms with E-state index in [0.29, 0.717) is 29.3 Å². The first-order valence-electron chi connectivity index (χ1n) is 11.0. The Balaban J connectivity index is 1.69. The predicted octanol–water partition coefficient (Wildman–Crippen LogP) is 5.93. The van der Waals surface area contributed by atoms with Gasteiger partial charge in [-0.25, -0.2) is 8.42 Å². The highest BCUT2D eigenvalue weighted by Gasteiger charge is 2.17. The van der Waals surface area contributed by atoms with Crippen molar-refractivity contribution in [3.8, 4) is 5.75 Å². The molecule has 0 radical (unpaired) electrons. The SMILES string of the molecule is CCCCCOc1ccccc1C(=O)Nc1ccc(S(=O)(=O)Nc2ccc(C)cc2C)cc1. The Hall–Kier alpha value is -3.32. The summed E-state index contributed by atoms with van der Waals surface area (Å²) in [5.74, 6) is 0.216. The van der Waals surface area contributed by atoms with E-state index in [2.05, 4.69) is 17.0 Å². The number of carbonyl (C=O) groups excluding carboxylic acids is 1. The molecule has 2 N–H and O–H groups in total. The molecule has 6 nitrogen and oxygen atoms in total. The normalized spacial score (nSPS) is 11.1. The van der Waals surface area contributed by atoms with Crippen molar-refractivity contribution in [3.63, 3.8) is 0 Å². The number of sulfonamides is 1. The third kappa shape index (κ3) is 6.58. The van der Waals surface area contributed by atoms with Gasteiger partial charge >= 0.3 is 0 Å². The van der Waals surface area contributed by atoms with Crippen LogP contribution in [0.1, 0.15) is 47.7 Å². The van der Waals surface area contributed by atoms with Gasteiger partial charge in [-0.05, 0) is 68.3 Å². The van der Waals surface area contributed by atoms with Gasteiger partial charge in [0.2, 0.25) is 0 Å². The number of hydrogen-bond donors (Lipinski definition) is 2. The second-order valence-electron chi connectivity index (χ2n) is 7.95. The Bertz CT molecular complexity index is 1210. The molecule has 3 aromatic carbocycles. The lowest BCUT2D eigenvalue weighted by molar-refractivity contribution is 0.102. The summed E-state index contributed by atoms with van der Waals surface area (Å²) in [7, 11) is -3.75. The van der Waals surface area contributed by atoms with Crippen LogP contribution in [0.5, 0.6) is 5.75 Å². The zero-order valence-corrected chi connectivity index (χ0v) is 20.0. The summed E-state index contributed by atoms with van der Waals surface area (Å²) >= 11 is 0. The Kier molecular flexibility index (Phi) is 8.11. The van der Waals surface area contributed by atoms with Gasteiger partial charge in [-0.15, -0.1) is 0 Å². The molecule has 174 valence electrons. The smallest absolute Gasteiger partial charge is 0.261 e. The van der Waals surface area contributed by atoms with Crippen LogP contribution in [0.2, 0.25) is 0 Å². The van der Waals surface area contributed by atoms with Gasteiger partial charge in [0.05, 0.1) is 22.8 Å². The standard InChI is InChI=1S/C26H30N2O4S/c1-4-5-8-17-32-25-10-7-6-9-23(25)26(29)27-21-12-14-22(15-13-21)33(30,31)28-24-16-11-19(2)18-20(24)3/h6-7,9-16,18,28H,4-5,8,17H2,1-3H3,(H,27,29). The van der Waals surface area contributed by atoms with Crippen LogP contribution in [0.15, 0.2) is 71.6 Å². The van der Waals surface area contributed by atoms with E-state index in [4.69, 9.17) is 4.74 Å². The Labute approximate surface area is 196 Å². The molecular weight excluding hydrogens is 436 g/mol. The Morgan fingerprint density at radius 3 is 2.36 bits per heavy atom. The van der Waals surface area contributed by atoms with Crippen molar-refractivity contribution in [1.82, 2.24) is 0 Å². The molecular formula is C26H30N2O4S. The molecule has 0 spiro atoms. The highest BCUT2D eigenvalue weighted by Crippen LogP contribution is 2.23. The second-order valence-corrected chi connectivity index (χ2v) is 9.64. The lowest BCUT2D eigenvalue weighted by Gasteiger charge is -2.13. The molecule has 0 heterocycles. The van der Waals surface area contributed by atoms with E-state index in [-0.39, 0.29) is 10.8 Å². The average Bonchev–Trinajstić information content (AvgIpc) is 2.79. The number of hydrogen-bond acceptors (Lipinski definition) is 4. The summed E-state index contributed by atoms with van der Waals surface area (Å²) in [6.07, 6.45) is 3.10. The molecule has 0 fully saturated rings. The minimum absolute atomic E-state index is 0.111. The van der Waals surface area contributed by atoms with Crippen LogP contribution in [-0.4, -0.2) is 20.9 Å². The van der Waals surface area contributed by atoms with Crippen molar-refractivity contribution in [2.75, 3.05) is 16.6 Å². The molecule has 0 unspecified atom stereocenters. The van der Waals surface area contributed by atoms with Crippen molar-refractivity contribution in [2.24, 2.45) is 0 Å². The first kappa shape index (κ1) is 24.3. The summed E-state index contributed by atoms with van der Waals surface area (Å²) < 4.78 is 33.9. The first-order chi connectivity index (χ1) is 15.8. The van der Waals surface area contributed by atoms with E-state index in [1.807, 2.05) is 32.0 Å². The van der Waals surface area contributed by atoms with Gasteiger partial charge < -0.3 is 10.1 Å². The van der Waals surface area contributed by atoms with Crippen LogP contribution in [0.4, 0.5) is 11.4 Å². The molecule has 3 aromatic rings. The van der Waals surface area contributed by atoms with Gasteiger partial charge in [0, 0.05) is 5.69 Å². The minimum Gasteiger partial charge on any atom is -0.493 e. The van der Waals surface area contributed by atoms with E-state index in [1.165, 1.54) is 12.1 Å². The van der Waals surface area contributed by atoms with Crippen LogP contribution in [0, 0.1) is 13.8 Å². The monoisotopic (exact) mass is 466 g/mol. The van der Waals surface area contributed by atoms with Gasteiger partial charge in [0.1, 0.15) is 5.75 Å². The summed E-state index contributed by atoms with van der Waals surface area (Å²) in [6, 6.07) is 18.7. The van der Waals surface area contributed by atoms with E-state index >= 15 is 0 Å². The maximum Gasteiger partial charge on any atom is 0.261 e. The largest absolute Gasteiger partial charge is 0.493 e. The van der Waals surface area contributed by atoms with Gasteiger partial charge in [-0.3, -0.25) is 9.52 Å². The summed E-state index contributed by atoms with van der Waals surface area (Å²) in [5, 5.41) is 2.81. The van der Waals surface area contributed by atoms with Gasteiger partial charge in [-0.1, -0.05) is 49.6 Å². The summed E-state index contributed by atoms with van der Waals surface area (Å²) in [6.45, 7) is 6.49. The third-order valence-electron chi connectivity index (χ3n) is 5.19. The molecule has 3 rings (SSSR count). The molecule has 0 atom stereocenters. The van der Waals surface area contributed by atoms with Crippen LogP contribution in [0.25, 0.3) is 0 Å². The quantitative estimate of drug-likeness (QED) is 0.363. The number of anilines is 2. The van der Waals surface area contributed by atoms with Gasteiger partial charge in [-0.2, -0.15) is 0 Å².